The van der Waals surface area contributed by atoms with E-state index in [0.29, 0.717) is 0 Å². The molecular weight excluding hydrogens is 518 g/mol. The van der Waals surface area contributed by atoms with Gasteiger partial charge in [0.1, 0.15) is 10.0 Å². The Morgan fingerprint density at radius 2 is 1.15 bits per heavy atom. The van der Waals surface area contributed by atoms with Crippen LogP contribution in [0.1, 0.15) is 22.3 Å². The number of hydrogen-bond acceptors (Lipinski definition) is 3. The lowest BCUT2D eigenvalue weighted by Crippen LogP contribution is -2.25. The van der Waals surface area contributed by atoms with Crippen molar-refractivity contribution >= 4 is 11.3 Å². The van der Waals surface area contributed by atoms with Crippen LogP contribution in [-0.4, -0.2) is 14.8 Å². The van der Waals surface area contributed by atoms with E-state index in [9.17, 15) is 0 Å². The third-order valence-electron chi connectivity index (χ3n) is 8.66. The topological polar surface area (TPSA) is 30.7 Å². The van der Waals surface area contributed by atoms with Crippen molar-refractivity contribution in [1.82, 2.24) is 14.8 Å². The van der Waals surface area contributed by atoms with Gasteiger partial charge in [-0.15, -0.1) is 0 Å². The van der Waals surface area contributed by atoms with Crippen LogP contribution in [0.2, 0.25) is 0 Å². The van der Waals surface area contributed by atoms with E-state index >= 15 is 0 Å². The summed E-state index contributed by atoms with van der Waals surface area (Å²) in [6, 6.07) is 44.6. The van der Waals surface area contributed by atoms with Gasteiger partial charge in [0.05, 0.1) is 11.6 Å². The highest BCUT2D eigenvalue weighted by atomic mass is 32.1. The zero-order valence-corrected chi connectivity index (χ0v) is 22.8. The molecule has 7 aromatic rings. The van der Waals surface area contributed by atoms with Crippen molar-refractivity contribution in [2.75, 3.05) is 0 Å². The van der Waals surface area contributed by atoms with Crippen molar-refractivity contribution in [2.45, 2.75) is 5.41 Å². The standard InChI is InChI=1S/C37H23N3S/c1-4-14-31-27(11-1)28-12-2-5-15-32(28)37(31)33-16-6-3-13-29(33)30-18-17-25(22-34(30)37)24-9-7-10-26(21-24)36-38-23-35(41-36)40-20-8-19-39-40/h1-23H. The molecule has 0 unspecified atom stereocenters. The minimum atomic E-state index is -0.333. The maximum Gasteiger partial charge on any atom is 0.137 e. The maximum atomic E-state index is 4.73. The van der Waals surface area contributed by atoms with Gasteiger partial charge in [0.2, 0.25) is 0 Å². The van der Waals surface area contributed by atoms with Crippen molar-refractivity contribution in [3.8, 4) is 49.0 Å². The Balaban J connectivity index is 1.24. The molecule has 0 saturated carbocycles. The van der Waals surface area contributed by atoms with Crippen molar-refractivity contribution in [3.63, 3.8) is 0 Å². The fraction of sp³-hybridized carbons (Fsp3) is 0.0270. The summed E-state index contributed by atoms with van der Waals surface area (Å²) in [7, 11) is 0. The van der Waals surface area contributed by atoms with E-state index in [1.165, 1.54) is 55.6 Å². The van der Waals surface area contributed by atoms with Crippen LogP contribution in [0, 0.1) is 0 Å². The molecule has 0 N–H and O–H groups in total. The number of fused-ring (bicyclic) bond motifs is 10. The van der Waals surface area contributed by atoms with Crippen LogP contribution in [0.25, 0.3) is 49.0 Å². The Morgan fingerprint density at radius 3 is 1.80 bits per heavy atom. The molecule has 0 saturated heterocycles. The van der Waals surface area contributed by atoms with E-state index in [2.05, 4.69) is 120 Å². The number of thiazole rings is 1. The predicted molar refractivity (Wildman–Crippen MR) is 166 cm³/mol. The lowest BCUT2D eigenvalue weighted by molar-refractivity contribution is 0.794. The molecule has 2 heterocycles. The Hall–Kier alpha value is -5.06. The zero-order valence-electron chi connectivity index (χ0n) is 22.0. The number of hydrogen-bond donors (Lipinski definition) is 0. The van der Waals surface area contributed by atoms with E-state index in [4.69, 9.17) is 4.98 Å². The Bertz CT molecular complexity index is 2060. The van der Waals surface area contributed by atoms with Crippen LogP contribution in [0.15, 0.2) is 140 Å². The number of aromatic nitrogens is 3. The number of benzene rings is 5. The van der Waals surface area contributed by atoms with Crippen molar-refractivity contribution < 1.29 is 0 Å². The van der Waals surface area contributed by atoms with Crippen LogP contribution in [-0.2, 0) is 5.41 Å². The first-order valence-corrected chi connectivity index (χ1v) is 14.6. The van der Waals surface area contributed by atoms with Crippen molar-refractivity contribution in [2.24, 2.45) is 0 Å². The summed E-state index contributed by atoms with van der Waals surface area (Å²) in [6.07, 6.45) is 5.64. The average Bonchev–Trinajstić information content (AvgIpc) is 3.83. The second kappa shape index (κ2) is 8.47. The normalized spacial score (nSPS) is 13.6. The van der Waals surface area contributed by atoms with Gasteiger partial charge >= 0.3 is 0 Å². The van der Waals surface area contributed by atoms with E-state index in [-0.39, 0.29) is 5.41 Å². The lowest BCUT2D eigenvalue weighted by atomic mass is 9.70. The molecule has 41 heavy (non-hydrogen) atoms. The Morgan fingerprint density at radius 1 is 0.537 bits per heavy atom. The quantitative estimate of drug-likeness (QED) is 0.223. The molecule has 2 aliphatic rings. The fourth-order valence-electron chi connectivity index (χ4n) is 7.01. The first-order chi connectivity index (χ1) is 20.3. The maximum absolute atomic E-state index is 4.73. The molecule has 5 aromatic carbocycles. The Labute approximate surface area is 242 Å². The molecule has 2 aromatic heterocycles. The third kappa shape index (κ3) is 3.08. The molecule has 0 amide bonds. The molecule has 0 fully saturated rings. The molecule has 4 heteroatoms. The fourth-order valence-corrected chi connectivity index (χ4v) is 7.87. The summed E-state index contributed by atoms with van der Waals surface area (Å²) < 4.78 is 1.86. The average molecular weight is 542 g/mol. The van der Waals surface area contributed by atoms with Crippen LogP contribution < -0.4 is 0 Å². The van der Waals surface area contributed by atoms with Gasteiger partial charge in [-0.3, -0.25) is 0 Å². The predicted octanol–water partition coefficient (Wildman–Crippen LogP) is 9.01. The zero-order chi connectivity index (χ0) is 27.0. The molecule has 0 radical (unpaired) electrons. The van der Waals surface area contributed by atoms with Crippen LogP contribution >= 0.6 is 11.3 Å². The summed E-state index contributed by atoms with van der Waals surface area (Å²) in [4.78, 5) is 4.73. The summed E-state index contributed by atoms with van der Waals surface area (Å²) in [5, 5.41) is 6.36. The molecule has 0 aliphatic heterocycles. The summed E-state index contributed by atoms with van der Waals surface area (Å²) >= 11 is 1.65. The molecule has 9 rings (SSSR count). The summed E-state index contributed by atoms with van der Waals surface area (Å²) in [6.45, 7) is 0. The molecule has 2 aliphatic carbocycles. The highest BCUT2D eigenvalue weighted by Gasteiger charge is 2.51. The second-order valence-corrected chi connectivity index (χ2v) is 11.7. The van der Waals surface area contributed by atoms with Crippen molar-refractivity contribution in [3.05, 3.63) is 162 Å². The SMILES string of the molecule is c1cc(-c2ccc3c(c2)C2(c4ccccc4-c4ccccc42)c2ccccc2-3)cc(-c2ncc(-n3cccn3)s2)c1. The minimum absolute atomic E-state index is 0.333. The smallest absolute Gasteiger partial charge is 0.137 e. The van der Waals surface area contributed by atoms with Gasteiger partial charge in [-0.25, -0.2) is 9.67 Å². The van der Waals surface area contributed by atoms with Gasteiger partial charge in [-0.05, 0) is 73.8 Å². The Kier molecular flexibility index (Phi) is 4.69. The molecular formula is C37H23N3S. The number of rotatable bonds is 3. The largest absolute Gasteiger partial charge is 0.242 e. The van der Waals surface area contributed by atoms with Gasteiger partial charge < -0.3 is 0 Å². The molecule has 1 spiro atoms. The van der Waals surface area contributed by atoms with Gasteiger partial charge in [0.25, 0.3) is 0 Å². The van der Waals surface area contributed by atoms with Gasteiger partial charge in [-0.2, -0.15) is 5.10 Å². The van der Waals surface area contributed by atoms with Crippen LogP contribution in [0.5, 0.6) is 0 Å². The molecule has 3 nitrogen and oxygen atoms in total. The van der Waals surface area contributed by atoms with Crippen LogP contribution in [0.3, 0.4) is 0 Å². The van der Waals surface area contributed by atoms with Gasteiger partial charge in [-0.1, -0.05) is 114 Å². The molecule has 0 atom stereocenters. The van der Waals surface area contributed by atoms with Gasteiger partial charge in [0, 0.05) is 18.0 Å². The number of nitrogens with zero attached hydrogens (tertiary/aromatic N) is 3. The van der Waals surface area contributed by atoms with Crippen LogP contribution in [0.4, 0.5) is 0 Å². The first-order valence-electron chi connectivity index (χ1n) is 13.8. The lowest BCUT2D eigenvalue weighted by Gasteiger charge is -2.30. The second-order valence-electron chi connectivity index (χ2n) is 10.7. The summed E-state index contributed by atoms with van der Waals surface area (Å²) in [5.41, 5.74) is 13.9. The molecule has 192 valence electrons. The monoisotopic (exact) mass is 541 g/mol. The van der Waals surface area contributed by atoms with E-state index in [1.54, 1.807) is 17.5 Å². The summed E-state index contributed by atoms with van der Waals surface area (Å²) in [5.74, 6) is 0. The van der Waals surface area contributed by atoms with Gasteiger partial charge in [0.15, 0.2) is 0 Å². The van der Waals surface area contributed by atoms with Crippen molar-refractivity contribution in [1.29, 1.82) is 0 Å². The highest BCUT2D eigenvalue weighted by molar-refractivity contribution is 7.17. The first kappa shape index (κ1) is 22.7. The van der Waals surface area contributed by atoms with E-state index in [0.717, 1.165) is 15.6 Å². The van der Waals surface area contributed by atoms with E-state index in [1.807, 2.05) is 23.1 Å². The highest BCUT2D eigenvalue weighted by Crippen LogP contribution is 2.62. The third-order valence-corrected chi connectivity index (χ3v) is 9.70. The minimum Gasteiger partial charge on any atom is -0.242 e. The van der Waals surface area contributed by atoms with E-state index < -0.39 is 0 Å². The molecule has 0 bridgehead atoms.